The van der Waals surface area contributed by atoms with Gasteiger partial charge in [0.05, 0.1) is 5.41 Å². The lowest BCUT2D eigenvalue weighted by atomic mass is 9.67. The Kier molecular flexibility index (Phi) is 12.9. The van der Waals surface area contributed by atoms with Crippen LogP contribution in [0.2, 0.25) is 0 Å². The summed E-state index contributed by atoms with van der Waals surface area (Å²) in [6, 6.07) is 53.3. The van der Waals surface area contributed by atoms with Gasteiger partial charge in [-0.3, -0.25) is 0 Å². The van der Waals surface area contributed by atoms with Crippen LogP contribution in [0.25, 0.3) is 38.4 Å². The van der Waals surface area contributed by atoms with Crippen LogP contribution in [-0.2, 0) is 5.41 Å². The summed E-state index contributed by atoms with van der Waals surface area (Å²) in [4.78, 5) is 1.31. The lowest BCUT2D eigenvalue weighted by Crippen LogP contribution is -2.28. The highest BCUT2D eigenvalue weighted by atomic mass is 32.1. The topological polar surface area (TPSA) is 0 Å². The maximum Gasteiger partial charge on any atom is 0.0713 e. The highest BCUT2D eigenvalue weighted by molar-refractivity contribution is 7.20. The molecule has 0 amide bonds. The van der Waals surface area contributed by atoms with E-state index in [0.29, 0.717) is 5.92 Å². The van der Waals surface area contributed by atoms with E-state index in [1.165, 1.54) is 82.6 Å². The second kappa shape index (κ2) is 17.5. The Bertz CT molecular complexity index is 2160. The first-order chi connectivity index (χ1) is 25.5. The molecule has 1 aliphatic rings. The predicted octanol–water partition coefficient (Wildman–Crippen LogP) is 15.4. The first kappa shape index (κ1) is 38.3. The third-order valence-electron chi connectivity index (χ3n) is 10.2. The van der Waals surface area contributed by atoms with Crippen molar-refractivity contribution in [3.8, 4) is 22.3 Å². The van der Waals surface area contributed by atoms with E-state index in [9.17, 15) is 0 Å². The average molecular weight is 699 g/mol. The summed E-state index contributed by atoms with van der Waals surface area (Å²) in [6.07, 6.45) is 3.16. The van der Waals surface area contributed by atoms with Crippen LogP contribution in [-0.4, -0.2) is 0 Å². The predicted molar refractivity (Wildman–Crippen MR) is 232 cm³/mol. The average Bonchev–Trinajstić information content (AvgIpc) is 3.72. The summed E-state index contributed by atoms with van der Waals surface area (Å²) >= 11 is 1.85. The first-order valence-corrected chi connectivity index (χ1v) is 19.9. The minimum Gasteiger partial charge on any atom is -0.136 e. The number of rotatable bonds is 6. The standard InChI is InChI=1S/C32H24.C15H18S.2C2H6/c1-23-19-21-24(22-20-23)27-16-10-18-30-31(27)28-15-8-9-17-29(28)32(30,25-11-4-2-5-12-25)26-13-6-3-7-14-26;1-5-10(3)12-8-7-9-14-15(12)11(4)13(6-2)16-14;2*1-2/h2-22H,1H3;6-10H,2,5H2,1,3-4H3;2*1-2H3. The SMILES string of the molecule is C=Cc1sc2cccc(C(C)CC)c2c1C.CC.CC.Cc1ccc(-c2cccc3c2-c2ccccc2C3(c2ccccc2)c2ccccc2)cc1. The van der Waals surface area contributed by atoms with Gasteiger partial charge in [0, 0.05) is 9.58 Å². The number of fused-ring (bicyclic) bond motifs is 4. The van der Waals surface area contributed by atoms with E-state index < -0.39 is 0 Å². The van der Waals surface area contributed by atoms with E-state index >= 15 is 0 Å². The number of hydrogen-bond acceptors (Lipinski definition) is 1. The van der Waals surface area contributed by atoms with Crippen LogP contribution in [0.15, 0.2) is 152 Å². The molecule has 1 atom stereocenters. The molecular formula is C51H54S. The van der Waals surface area contributed by atoms with E-state index in [1.54, 1.807) is 0 Å². The van der Waals surface area contributed by atoms with Crippen molar-refractivity contribution in [1.29, 1.82) is 0 Å². The quantitative estimate of drug-likeness (QED) is 0.162. The summed E-state index contributed by atoms with van der Waals surface area (Å²) in [6.45, 7) is 20.8. The van der Waals surface area contributed by atoms with Crippen LogP contribution in [0, 0.1) is 13.8 Å². The van der Waals surface area contributed by atoms with Gasteiger partial charge in [0.25, 0.3) is 0 Å². The van der Waals surface area contributed by atoms with E-state index in [2.05, 4.69) is 180 Å². The Morgan fingerprint density at radius 2 is 1.15 bits per heavy atom. The zero-order chi connectivity index (χ0) is 37.3. The van der Waals surface area contributed by atoms with Gasteiger partial charge in [0.1, 0.15) is 0 Å². The van der Waals surface area contributed by atoms with Crippen LogP contribution >= 0.6 is 11.3 Å². The fourth-order valence-electron chi connectivity index (χ4n) is 7.64. The fourth-order valence-corrected chi connectivity index (χ4v) is 8.74. The van der Waals surface area contributed by atoms with Crippen molar-refractivity contribution in [2.24, 2.45) is 0 Å². The second-order valence-electron chi connectivity index (χ2n) is 12.9. The summed E-state index contributed by atoms with van der Waals surface area (Å²) in [7, 11) is 0. The molecule has 0 saturated heterocycles. The molecule has 0 saturated carbocycles. The molecule has 6 aromatic carbocycles. The van der Waals surface area contributed by atoms with Crippen LogP contribution < -0.4 is 0 Å². The normalized spacial score (nSPS) is 12.5. The van der Waals surface area contributed by atoms with Gasteiger partial charge in [0.15, 0.2) is 0 Å². The lowest BCUT2D eigenvalue weighted by molar-refractivity contribution is 0.739. The Morgan fingerprint density at radius 3 is 1.75 bits per heavy atom. The van der Waals surface area contributed by atoms with Gasteiger partial charge >= 0.3 is 0 Å². The molecule has 7 aromatic rings. The van der Waals surface area contributed by atoms with Crippen molar-refractivity contribution in [2.45, 2.75) is 73.1 Å². The van der Waals surface area contributed by atoms with E-state index in [0.717, 1.165) is 0 Å². The molecule has 0 N–H and O–H groups in total. The fraction of sp³-hybridized carbons (Fsp3) is 0.216. The molecule has 1 aromatic heterocycles. The van der Waals surface area contributed by atoms with Crippen LogP contribution in [0.5, 0.6) is 0 Å². The van der Waals surface area contributed by atoms with Crippen LogP contribution in [0.1, 0.15) is 97.7 Å². The Balaban J connectivity index is 0.000000220. The summed E-state index contributed by atoms with van der Waals surface area (Å²) in [5, 5.41) is 1.46. The van der Waals surface area contributed by atoms with Gasteiger partial charge in [0.2, 0.25) is 0 Å². The molecule has 1 unspecified atom stereocenters. The van der Waals surface area contributed by atoms with Crippen molar-refractivity contribution in [1.82, 2.24) is 0 Å². The van der Waals surface area contributed by atoms with Crippen molar-refractivity contribution in [3.63, 3.8) is 0 Å². The molecule has 52 heavy (non-hydrogen) atoms. The minimum absolute atomic E-state index is 0.338. The van der Waals surface area contributed by atoms with Crippen molar-refractivity contribution in [2.75, 3.05) is 0 Å². The molecule has 1 heteroatoms. The highest BCUT2D eigenvalue weighted by Crippen LogP contribution is 2.58. The highest BCUT2D eigenvalue weighted by Gasteiger charge is 2.46. The van der Waals surface area contributed by atoms with Gasteiger partial charge in [-0.25, -0.2) is 0 Å². The first-order valence-electron chi connectivity index (χ1n) is 19.0. The zero-order valence-corrected chi connectivity index (χ0v) is 33.2. The van der Waals surface area contributed by atoms with E-state index in [1.807, 2.05) is 45.1 Å². The van der Waals surface area contributed by atoms with Crippen LogP contribution in [0.4, 0.5) is 0 Å². The maximum atomic E-state index is 3.89. The maximum absolute atomic E-state index is 3.89. The Hall–Kier alpha value is -4.98. The van der Waals surface area contributed by atoms with E-state index in [4.69, 9.17) is 0 Å². The number of thiophene rings is 1. The molecule has 1 heterocycles. The monoisotopic (exact) mass is 698 g/mol. The Morgan fingerprint density at radius 1 is 0.615 bits per heavy atom. The molecule has 0 bridgehead atoms. The summed E-state index contributed by atoms with van der Waals surface area (Å²) < 4.78 is 1.39. The molecule has 1 aliphatic carbocycles. The van der Waals surface area contributed by atoms with Gasteiger partial charge < -0.3 is 0 Å². The molecular weight excluding hydrogens is 645 g/mol. The third-order valence-corrected chi connectivity index (χ3v) is 11.4. The molecule has 0 radical (unpaired) electrons. The lowest BCUT2D eigenvalue weighted by Gasteiger charge is -2.34. The zero-order valence-electron chi connectivity index (χ0n) is 32.3. The summed E-state index contributed by atoms with van der Waals surface area (Å²) in [5.74, 6) is 0.634. The minimum atomic E-state index is -0.338. The Labute approximate surface area is 317 Å². The number of hydrogen-bond donors (Lipinski definition) is 0. The summed E-state index contributed by atoms with van der Waals surface area (Å²) in [5.41, 5.74) is 14.4. The van der Waals surface area contributed by atoms with Crippen LogP contribution in [0.3, 0.4) is 0 Å². The van der Waals surface area contributed by atoms with Gasteiger partial charge in [-0.15, -0.1) is 11.3 Å². The van der Waals surface area contributed by atoms with Crippen molar-refractivity contribution in [3.05, 3.63) is 196 Å². The van der Waals surface area contributed by atoms with Crippen molar-refractivity contribution >= 4 is 27.5 Å². The smallest absolute Gasteiger partial charge is 0.0713 e. The van der Waals surface area contributed by atoms with Crippen molar-refractivity contribution < 1.29 is 0 Å². The molecule has 0 fully saturated rings. The van der Waals surface area contributed by atoms with Gasteiger partial charge in [-0.05, 0) is 93.3 Å². The number of benzene rings is 6. The second-order valence-corrected chi connectivity index (χ2v) is 14.0. The van der Waals surface area contributed by atoms with Gasteiger partial charge in [-0.1, -0.05) is 199 Å². The largest absolute Gasteiger partial charge is 0.136 e. The molecule has 0 spiro atoms. The molecule has 0 nitrogen and oxygen atoms in total. The molecule has 8 rings (SSSR count). The third kappa shape index (κ3) is 6.95. The van der Waals surface area contributed by atoms with E-state index in [-0.39, 0.29) is 5.41 Å². The van der Waals surface area contributed by atoms with Gasteiger partial charge in [-0.2, -0.15) is 0 Å². The number of aryl methyl sites for hydroxylation is 2. The molecule has 0 aliphatic heterocycles. The molecule has 264 valence electrons.